The first-order valence-electron chi connectivity index (χ1n) is 6.00. The van der Waals surface area contributed by atoms with Crippen LogP contribution < -0.4 is 4.72 Å². The molecule has 2 N–H and O–H groups in total. The van der Waals surface area contributed by atoms with Gasteiger partial charge in [0, 0.05) is 6.20 Å². The number of aryl methyl sites for hydroxylation is 3. The summed E-state index contributed by atoms with van der Waals surface area (Å²) in [5.74, 6) is -1.28. The van der Waals surface area contributed by atoms with Crippen molar-refractivity contribution in [2.75, 3.05) is 4.72 Å². The Balaban J connectivity index is 2.56. The molecule has 0 unspecified atom stereocenters. The number of anilines is 1. The summed E-state index contributed by atoms with van der Waals surface area (Å²) in [6.45, 7) is 4.53. The van der Waals surface area contributed by atoms with Crippen LogP contribution in [0.5, 0.6) is 0 Å². The van der Waals surface area contributed by atoms with E-state index in [1.54, 1.807) is 13.0 Å². The molecule has 0 fully saturated rings. The lowest BCUT2D eigenvalue weighted by atomic mass is 10.2. The Bertz CT molecular complexity index is 808. The van der Waals surface area contributed by atoms with Crippen LogP contribution in [0.1, 0.15) is 27.4 Å². The Kier molecular flexibility index (Phi) is 3.73. The zero-order valence-electron chi connectivity index (χ0n) is 11.7. The highest BCUT2D eigenvalue weighted by Crippen LogP contribution is 2.28. The minimum Gasteiger partial charge on any atom is -0.478 e. The quantitative estimate of drug-likeness (QED) is 0.895. The van der Waals surface area contributed by atoms with Gasteiger partial charge in [-0.2, -0.15) is 0 Å². The molecule has 7 nitrogen and oxygen atoms in total. The monoisotopic (exact) mass is 310 g/mol. The molecular weight excluding hydrogens is 296 g/mol. The molecule has 2 aromatic rings. The molecule has 0 radical (unpaired) electrons. The molecule has 0 aromatic carbocycles. The van der Waals surface area contributed by atoms with E-state index < -0.39 is 16.0 Å². The first-order chi connectivity index (χ1) is 9.74. The van der Waals surface area contributed by atoms with Gasteiger partial charge in [0.15, 0.2) is 0 Å². The van der Waals surface area contributed by atoms with E-state index in [1.165, 1.54) is 26.2 Å². The van der Waals surface area contributed by atoms with Crippen molar-refractivity contribution in [1.29, 1.82) is 0 Å². The molecule has 0 bridgehead atoms. The first-order valence-corrected chi connectivity index (χ1v) is 7.49. The molecule has 2 aromatic heterocycles. The summed E-state index contributed by atoms with van der Waals surface area (Å²) in [5.41, 5.74) is 0.594. The van der Waals surface area contributed by atoms with Crippen LogP contribution in [-0.2, 0) is 10.0 Å². The minimum atomic E-state index is -4.09. The predicted molar refractivity (Wildman–Crippen MR) is 74.9 cm³/mol. The predicted octanol–water partition coefficient (Wildman–Crippen LogP) is 2.10. The number of furan rings is 1. The maximum Gasteiger partial charge on any atom is 0.340 e. The molecule has 0 aliphatic heterocycles. The summed E-state index contributed by atoms with van der Waals surface area (Å²) in [6, 6.07) is 1.64. The van der Waals surface area contributed by atoms with E-state index in [0.717, 1.165) is 0 Å². The fourth-order valence-electron chi connectivity index (χ4n) is 2.00. The van der Waals surface area contributed by atoms with Gasteiger partial charge in [0.1, 0.15) is 22.0 Å². The lowest BCUT2D eigenvalue weighted by Crippen LogP contribution is -2.17. The number of carbonyl (C=O) groups is 1. The number of rotatable bonds is 4. The van der Waals surface area contributed by atoms with Gasteiger partial charge in [0.05, 0.1) is 11.9 Å². The summed E-state index contributed by atoms with van der Waals surface area (Å²) in [4.78, 5) is 14.7. The molecule has 2 heterocycles. The van der Waals surface area contributed by atoms with E-state index in [0.29, 0.717) is 5.56 Å². The van der Waals surface area contributed by atoms with Crippen LogP contribution in [0.4, 0.5) is 5.69 Å². The Morgan fingerprint density at radius 2 is 1.95 bits per heavy atom. The lowest BCUT2D eigenvalue weighted by Gasteiger charge is -2.09. The smallest absolute Gasteiger partial charge is 0.340 e. The van der Waals surface area contributed by atoms with E-state index in [-0.39, 0.29) is 27.7 Å². The van der Waals surface area contributed by atoms with Gasteiger partial charge in [-0.3, -0.25) is 9.71 Å². The average Bonchev–Trinajstić information content (AvgIpc) is 2.67. The number of pyridine rings is 1. The van der Waals surface area contributed by atoms with Crippen molar-refractivity contribution in [2.45, 2.75) is 25.7 Å². The molecule has 0 atom stereocenters. The van der Waals surface area contributed by atoms with Gasteiger partial charge in [-0.15, -0.1) is 0 Å². The highest BCUT2D eigenvalue weighted by atomic mass is 32.2. The maximum absolute atomic E-state index is 12.5. The van der Waals surface area contributed by atoms with Gasteiger partial charge in [-0.1, -0.05) is 0 Å². The number of nitrogens with zero attached hydrogens (tertiary/aromatic N) is 1. The summed E-state index contributed by atoms with van der Waals surface area (Å²) < 4.78 is 32.4. The first kappa shape index (κ1) is 15.0. The normalized spacial score (nSPS) is 11.4. The number of carboxylic acids is 1. The Morgan fingerprint density at radius 1 is 1.29 bits per heavy atom. The highest BCUT2D eigenvalue weighted by Gasteiger charge is 2.31. The molecule has 0 spiro atoms. The fourth-order valence-corrected chi connectivity index (χ4v) is 3.53. The number of nitrogens with one attached hydrogen (secondary N) is 1. The largest absolute Gasteiger partial charge is 0.478 e. The highest BCUT2D eigenvalue weighted by molar-refractivity contribution is 7.92. The van der Waals surface area contributed by atoms with Gasteiger partial charge < -0.3 is 9.52 Å². The minimum absolute atomic E-state index is 0.0268. The summed E-state index contributed by atoms with van der Waals surface area (Å²) in [5, 5.41) is 9.18. The standard InChI is InChI=1S/C13H14N2O5S/c1-7-4-5-14-6-10(7)15-21(18,19)12-9(3)20-8(2)11(12)13(16)17/h4-6,15H,1-3H3,(H,16,17). The van der Waals surface area contributed by atoms with E-state index >= 15 is 0 Å². The number of aromatic carboxylic acids is 1. The van der Waals surface area contributed by atoms with Gasteiger partial charge in [-0.25, -0.2) is 13.2 Å². The van der Waals surface area contributed by atoms with Crippen molar-refractivity contribution in [3.63, 3.8) is 0 Å². The van der Waals surface area contributed by atoms with Crippen LogP contribution >= 0.6 is 0 Å². The summed E-state index contributed by atoms with van der Waals surface area (Å²) >= 11 is 0. The molecule has 8 heteroatoms. The van der Waals surface area contributed by atoms with Gasteiger partial charge >= 0.3 is 5.97 Å². The van der Waals surface area contributed by atoms with E-state index in [2.05, 4.69) is 9.71 Å². The van der Waals surface area contributed by atoms with E-state index in [4.69, 9.17) is 4.42 Å². The zero-order valence-corrected chi connectivity index (χ0v) is 12.5. The Morgan fingerprint density at radius 3 is 2.52 bits per heavy atom. The fraction of sp³-hybridized carbons (Fsp3) is 0.231. The lowest BCUT2D eigenvalue weighted by molar-refractivity contribution is 0.0691. The number of carboxylic acid groups (broad SMARTS) is 1. The third-order valence-corrected chi connectivity index (χ3v) is 4.49. The molecule has 0 aliphatic carbocycles. The number of sulfonamides is 1. The van der Waals surface area contributed by atoms with Crippen LogP contribution in [0.25, 0.3) is 0 Å². The molecular formula is C13H14N2O5S. The van der Waals surface area contributed by atoms with Crippen molar-refractivity contribution in [3.8, 4) is 0 Å². The van der Waals surface area contributed by atoms with Crippen LogP contribution in [0.3, 0.4) is 0 Å². The second-order valence-corrected chi connectivity index (χ2v) is 6.14. The number of aromatic nitrogens is 1. The van der Waals surface area contributed by atoms with Gasteiger partial charge in [0.25, 0.3) is 10.0 Å². The second kappa shape index (κ2) is 5.21. The van der Waals surface area contributed by atoms with Crippen molar-refractivity contribution < 1.29 is 22.7 Å². The molecule has 2 rings (SSSR count). The maximum atomic E-state index is 12.5. The Hall–Kier alpha value is -2.35. The number of hydrogen-bond donors (Lipinski definition) is 2. The third kappa shape index (κ3) is 2.75. The van der Waals surface area contributed by atoms with E-state index in [9.17, 15) is 18.3 Å². The molecule has 0 amide bonds. The van der Waals surface area contributed by atoms with Crippen LogP contribution in [0.15, 0.2) is 27.8 Å². The van der Waals surface area contributed by atoms with Crippen LogP contribution in [-0.4, -0.2) is 24.5 Å². The average molecular weight is 310 g/mol. The van der Waals surface area contributed by atoms with Gasteiger partial charge in [-0.05, 0) is 32.4 Å². The van der Waals surface area contributed by atoms with Crippen molar-refractivity contribution in [3.05, 3.63) is 41.1 Å². The summed E-state index contributed by atoms with van der Waals surface area (Å²) in [7, 11) is -4.09. The van der Waals surface area contributed by atoms with E-state index in [1.807, 2.05) is 0 Å². The molecule has 0 saturated carbocycles. The molecule has 112 valence electrons. The molecule has 21 heavy (non-hydrogen) atoms. The zero-order chi connectivity index (χ0) is 15.8. The van der Waals surface area contributed by atoms with Crippen molar-refractivity contribution >= 4 is 21.7 Å². The van der Waals surface area contributed by atoms with Crippen LogP contribution in [0, 0.1) is 20.8 Å². The second-order valence-electron chi connectivity index (χ2n) is 4.52. The van der Waals surface area contributed by atoms with Crippen molar-refractivity contribution in [1.82, 2.24) is 4.98 Å². The van der Waals surface area contributed by atoms with Gasteiger partial charge in [0.2, 0.25) is 0 Å². The molecule has 0 aliphatic rings. The third-order valence-electron chi connectivity index (χ3n) is 2.97. The topological polar surface area (TPSA) is 110 Å². The summed E-state index contributed by atoms with van der Waals surface area (Å²) in [6.07, 6.45) is 2.89. The Labute approximate surface area is 121 Å². The van der Waals surface area contributed by atoms with Crippen LogP contribution in [0.2, 0.25) is 0 Å². The number of hydrogen-bond acceptors (Lipinski definition) is 5. The molecule has 0 saturated heterocycles. The van der Waals surface area contributed by atoms with Crippen molar-refractivity contribution in [2.24, 2.45) is 0 Å². The SMILES string of the molecule is Cc1ccncc1NS(=O)(=O)c1c(C)oc(C)c1C(=O)O.